The molecule has 1 aliphatic carbocycles. The van der Waals surface area contributed by atoms with Gasteiger partial charge in [-0.25, -0.2) is 5.43 Å². The second kappa shape index (κ2) is 12.1. The minimum atomic E-state index is -0.596. The van der Waals surface area contributed by atoms with E-state index in [0.717, 1.165) is 17.5 Å². The van der Waals surface area contributed by atoms with Crippen molar-refractivity contribution in [2.75, 3.05) is 6.61 Å². The molecule has 1 aliphatic rings. The van der Waals surface area contributed by atoms with Crippen LogP contribution in [0.25, 0.3) is 11.1 Å². The van der Waals surface area contributed by atoms with Crippen molar-refractivity contribution in [3.8, 4) is 16.9 Å². The number of nitrogens with one attached hydrogen (secondary N) is 3. The molecule has 3 N–H and O–H groups in total. The summed E-state index contributed by atoms with van der Waals surface area (Å²) in [7, 11) is 0. The first kappa shape index (κ1) is 26.4. The molecule has 3 amide bonds. The number of nitrogens with zero attached hydrogens (tertiary/aromatic N) is 1. The van der Waals surface area contributed by atoms with Crippen molar-refractivity contribution in [2.24, 2.45) is 5.10 Å². The van der Waals surface area contributed by atoms with Gasteiger partial charge in [-0.15, -0.1) is 0 Å². The number of rotatable bonds is 7. The lowest BCUT2D eigenvalue weighted by Crippen LogP contribution is -2.43. The molecule has 1 heterocycles. The molecule has 40 heavy (non-hydrogen) atoms. The van der Waals surface area contributed by atoms with Gasteiger partial charge in [0.2, 0.25) is 0 Å². The SMILES string of the molecule is Cc1c(C(=O)NNC(=O)COc2ccccc2)oc2c1/C(=N/NC(=O)c1ccc(-c3ccccc3)cc1)CCC2. The molecule has 3 aromatic carbocycles. The topological polar surface area (TPSA) is 122 Å². The van der Waals surface area contributed by atoms with Gasteiger partial charge in [-0.3, -0.25) is 25.2 Å². The lowest BCUT2D eigenvalue weighted by Gasteiger charge is -2.13. The molecule has 0 bridgehead atoms. The highest BCUT2D eigenvalue weighted by Crippen LogP contribution is 2.30. The number of furan rings is 1. The number of ether oxygens (including phenoxy) is 1. The average molecular weight is 537 g/mol. The Morgan fingerprint density at radius 1 is 0.825 bits per heavy atom. The zero-order valence-corrected chi connectivity index (χ0v) is 21.9. The summed E-state index contributed by atoms with van der Waals surface area (Å²) in [5.74, 6) is -0.213. The van der Waals surface area contributed by atoms with Gasteiger partial charge in [-0.2, -0.15) is 5.10 Å². The largest absolute Gasteiger partial charge is 0.484 e. The number of fused-ring (bicyclic) bond motifs is 1. The first-order valence-electron chi connectivity index (χ1n) is 12.9. The summed E-state index contributed by atoms with van der Waals surface area (Å²) in [5, 5.41) is 4.38. The minimum absolute atomic E-state index is 0.0757. The van der Waals surface area contributed by atoms with E-state index in [2.05, 4.69) is 21.4 Å². The van der Waals surface area contributed by atoms with Crippen LogP contribution in [0.15, 0.2) is 94.4 Å². The molecule has 5 rings (SSSR count). The Morgan fingerprint density at radius 2 is 1.50 bits per heavy atom. The van der Waals surface area contributed by atoms with E-state index in [1.807, 2.05) is 48.5 Å². The molecule has 4 aromatic rings. The number of hydrogen-bond donors (Lipinski definition) is 3. The summed E-state index contributed by atoms with van der Waals surface area (Å²) in [6.45, 7) is 1.49. The standard InChI is InChI=1S/C31H28N4O5/c1-20-28-25(32-34-30(37)23-17-15-22(16-18-23)21-9-4-2-5-10-21)13-8-14-26(28)40-29(20)31(38)35-33-27(36)19-39-24-11-6-3-7-12-24/h2-7,9-12,15-18H,8,13-14,19H2,1H3,(H,33,36)(H,34,37)(H,35,38)/b32-25+. The first-order chi connectivity index (χ1) is 19.5. The molecule has 0 radical (unpaired) electrons. The first-order valence-corrected chi connectivity index (χ1v) is 12.9. The van der Waals surface area contributed by atoms with Crippen LogP contribution in [0.4, 0.5) is 0 Å². The van der Waals surface area contributed by atoms with Crippen LogP contribution in [0.2, 0.25) is 0 Å². The van der Waals surface area contributed by atoms with Crippen LogP contribution >= 0.6 is 0 Å². The van der Waals surface area contributed by atoms with E-state index in [-0.39, 0.29) is 18.3 Å². The lowest BCUT2D eigenvalue weighted by atomic mass is 9.93. The number of aryl methyl sites for hydroxylation is 1. The van der Waals surface area contributed by atoms with Crippen LogP contribution in [0.3, 0.4) is 0 Å². The quantitative estimate of drug-likeness (QED) is 0.299. The number of hydrazine groups is 1. The van der Waals surface area contributed by atoms with Gasteiger partial charge in [0, 0.05) is 23.1 Å². The lowest BCUT2D eigenvalue weighted by molar-refractivity contribution is -0.123. The van der Waals surface area contributed by atoms with Crippen molar-refractivity contribution < 1.29 is 23.5 Å². The van der Waals surface area contributed by atoms with Crippen LogP contribution in [-0.2, 0) is 11.2 Å². The third-order valence-corrected chi connectivity index (χ3v) is 6.51. The van der Waals surface area contributed by atoms with Gasteiger partial charge >= 0.3 is 5.91 Å². The Bertz CT molecular complexity index is 1540. The predicted molar refractivity (Wildman–Crippen MR) is 150 cm³/mol. The summed E-state index contributed by atoms with van der Waals surface area (Å²) < 4.78 is 11.2. The van der Waals surface area contributed by atoms with E-state index in [1.165, 1.54) is 0 Å². The van der Waals surface area contributed by atoms with Crippen LogP contribution in [0, 0.1) is 6.92 Å². The molecule has 9 nitrogen and oxygen atoms in total. The molecule has 0 aliphatic heterocycles. The minimum Gasteiger partial charge on any atom is -0.484 e. The van der Waals surface area contributed by atoms with Crippen molar-refractivity contribution in [2.45, 2.75) is 26.2 Å². The van der Waals surface area contributed by atoms with Gasteiger partial charge < -0.3 is 9.15 Å². The summed E-state index contributed by atoms with van der Waals surface area (Å²) in [5.41, 5.74) is 11.8. The molecule has 0 atom stereocenters. The Kier molecular flexibility index (Phi) is 8.01. The predicted octanol–water partition coefficient (Wildman–Crippen LogP) is 4.57. The van der Waals surface area contributed by atoms with Crippen molar-refractivity contribution in [3.05, 3.63) is 113 Å². The van der Waals surface area contributed by atoms with E-state index in [1.54, 1.807) is 43.3 Å². The third-order valence-electron chi connectivity index (χ3n) is 6.51. The fraction of sp³-hybridized carbons (Fsp3) is 0.161. The van der Waals surface area contributed by atoms with Gasteiger partial charge in [0.05, 0.1) is 5.71 Å². The van der Waals surface area contributed by atoms with E-state index in [0.29, 0.717) is 46.8 Å². The van der Waals surface area contributed by atoms with Crippen LogP contribution in [0.5, 0.6) is 5.75 Å². The van der Waals surface area contributed by atoms with E-state index >= 15 is 0 Å². The van der Waals surface area contributed by atoms with Crippen molar-refractivity contribution in [1.29, 1.82) is 0 Å². The second-order valence-corrected chi connectivity index (χ2v) is 9.25. The van der Waals surface area contributed by atoms with Crippen molar-refractivity contribution >= 4 is 23.4 Å². The number of carbonyl (C=O) groups is 3. The summed E-state index contributed by atoms with van der Waals surface area (Å²) >= 11 is 0. The van der Waals surface area contributed by atoms with E-state index < -0.39 is 11.8 Å². The van der Waals surface area contributed by atoms with Gasteiger partial charge in [0.1, 0.15) is 11.5 Å². The maximum absolute atomic E-state index is 12.8. The summed E-state index contributed by atoms with van der Waals surface area (Å²) in [4.78, 5) is 37.7. The van der Waals surface area contributed by atoms with E-state index in [4.69, 9.17) is 9.15 Å². The Balaban J connectivity index is 1.21. The molecular formula is C31H28N4O5. The zero-order chi connectivity index (χ0) is 27.9. The van der Waals surface area contributed by atoms with Crippen LogP contribution in [-0.4, -0.2) is 30.0 Å². The maximum Gasteiger partial charge on any atom is 0.305 e. The highest BCUT2D eigenvalue weighted by molar-refractivity contribution is 6.07. The second-order valence-electron chi connectivity index (χ2n) is 9.25. The van der Waals surface area contributed by atoms with Gasteiger partial charge in [0.15, 0.2) is 12.4 Å². The van der Waals surface area contributed by atoms with Gasteiger partial charge in [-0.05, 0) is 55.2 Å². The van der Waals surface area contributed by atoms with Gasteiger partial charge in [0.25, 0.3) is 11.8 Å². The highest BCUT2D eigenvalue weighted by atomic mass is 16.5. The smallest absolute Gasteiger partial charge is 0.305 e. The number of para-hydroxylation sites is 1. The number of benzene rings is 3. The molecule has 0 fully saturated rings. The number of carbonyl (C=O) groups excluding carboxylic acids is 3. The fourth-order valence-corrected chi connectivity index (χ4v) is 4.51. The molecule has 0 spiro atoms. The number of hydrazone groups is 1. The van der Waals surface area contributed by atoms with Gasteiger partial charge in [-0.1, -0.05) is 60.7 Å². The average Bonchev–Trinajstić information content (AvgIpc) is 3.35. The molecule has 202 valence electrons. The summed E-state index contributed by atoms with van der Waals surface area (Å²) in [6, 6.07) is 26.1. The Labute approximate surface area is 231 Å². The van der Waals surface area contributed by atoms with Crippen LogP contribution in [0.1, 0.15) is 50.6 Å². The molecule has 0 saturated heterocycles. The van der Waals surface area contributed by atoms with Crippen molar-refractivity contribution in [3.63, 3.8) is 0 Å². The fourth-order valence-electron chi connectivity index (χ4n) is 4.51. The zero-order valence-electron chi connectivity index (χ0n) is 21.9. The normalized spacial score (nSPS) is 13.3. The highest BCUT2D eigenvalue weighted by Gasteiger charge is 2.28. The molecule has 0 unspecified atom stereocenters. The molecule has 9 heteroatoms. The third kappa shape index (κ3) is 6.10. The molecular weight excluding hydrogens is 508 g/mol. The maximum atomic E-state index is 12.8. The van der Waals surface area contributed by atoms with E-state index in [9.17, 15) is 14.4 Å². The molecule has 1 aromatic heterocycles. The van der Waals surface area contributed by atoms with Crippen molar-refractivity contribution in [1.82, 2.24) is 16.3 Å². The Morgan fingerprint density at radius 3 is 2.23 bits per heavy atom. The number of amides is 3. The van der Waals surface area contributed by atoms with Crippen LogP contribution < -0.4 is 21.0 Å². The number of hydrogen-bond acceptors (Lipinski definition) is 6. The summed E-state index contributed by atoms with van der Waals surface area (Å²) in [6.07, 6.45) is 2.01. The Hall–Kier alpha value is -5.18. The monoisotopic (exact) mass is 536 g/mol. The molecule has 0 saturated carbocycles.